The van der Waals surface area contributed by atoms with Gasteiger partial charge in [0.1, 0.15) is 0 Å². The molecule has 0 unspecified atom stereocenters. The standard InChI is InChI=1S/C9H9F3N2OS/c1-2-16-7-4-3-6(5-13-7)14-8(15)9(10,11)12/h3-5H,2H2,1H3,(H,14,15). The maximum Gasteiger partial charge on any atom is 0.471 e. The van der Waals surface area contributed by atoms with Crippen LogP contribution in [-0.2, 0) is 4.79 Å². The van der Waals surface area contributed by atoms with Gasteiger partial charge < -0.3 is 5.32 Å². The maximum absolute atomic E-state index is 11.9. The predicted octanol–water partition coefficient (Wildman–Crippen LogP) is 2.69. The van der Waals surface area contributed by atoms with Gasteiger partial charge in [0.15, 0.2) is 0 Å². The normalized spacial score (nSPS) is 11.2. The summed E-state index contributed by atoms with van der Waals surface area (Å²) in [5, 5.41) is 2.42. The molecule has 0 aliphatic rings. The number of hydrogen-bond donors (Lipinski definition) is 1. The number of thioether (sulfide) groups is 1. The molecule has 0 spiro atoms. The number of alkyl halides is 3. The molecule has 0 saturated heterocycles. The quantitative estimate of drug-likeness (QED) is 0.839. The molecule has 1 heterocycles. The number of hydrogen-bond acceptors (Lipinski definition) is 3. The molecule has 7 heteroatoms. The zero-order valence-corrected chi connectivity index (χ0v) is 9.15. The average Bonchev–Trinajstić information content (AvgIpc) is 2.20. The molecule has 88 valence electrons. The van der Waals surface area contributed by atoms with Crippen molar-refractivity contribution in [2.24, 2.45) is 0 Å². The van der Waals surface area contributed by atoms with Gasteiger partial charge >= 0.3 is 12.1 Å². The number of halogens is 3. The van der Waals surface area contributed by atoms with Gasteiger partial charge in [-0.15, -0.1) is 11.8 Å². The first-order valence-electron chi connectivity index (χ1n) is 4.40. The van der Waals surface area contributed by atoms with Crippen LogP contribution in [0.2, 0.25) is 0 Å². The van der Waals surface area contributed by atoms with Crippen LogP contribution in [0.25, 0.3) is 0 Å². The largest absolute Gasteiger partial charge is 0.471 e. The molecule has 3 nitrogen and oxygen atoms in total. The third-order valence-corrected chi connectivity index (χ3v) is 2.37. The van der Waals surface area contributed by atoms with E-state index in [1.54, 1.807) is 11.4 Å². The van der Waals surface area contributed by atoms with Gasteiger partial charge in [-0.05, 0) is 17.9 Å². The van der Waals surface area contributed by atoms with E-state index in [0.29, 0.717) is 5.03 Å². The lowest BCUT2D eigenvalue weighted by atomic mass is 10.4. The Hall–Kier alpha value is -1.24. The third kappa shape index (κ3) is 3.73. The van der Waals surface area contributed by atoms with E-state index in [9.17, 15) is 18.0 Å². The Morgan fingerprint density at radius 1 is 1.50 bits per heavy atom. The fraction of sp³-hybridized carbons (Fsp3) is 0.333. The number of amides is 1. The summed E-state index contributed by atoms with van der Waals surface area (Å²) < 4.78 is 35.7. The SMILES string of the molecule is CCSc1ccc(NC(=O)C(F)(F)F)cn1. The van der Waals surface area contributed by atoms with E-state index < -0.39 is 12.1 Å². The Bertz CT molecular complexity index is 364. The van der Waals surface area contributed by atoms with Crippen molar-refractivity contribution in [2.45, 2.75) is 18.1 Å². The topological polar surface area (TPSA) is 42.0 Å². The van der Waals surface area contributed by atoms with Gasteiger partial charge in [0, 0.05) is 0 Å². The van der Waals surface area contributed by atoms with Crippen molar-refractivity contribution < 1.29 is 18.0 Å². The van der Waals surface area contributed by atoms with Crippen LogP contribution in [0.15, 0.2) is 23.4 Å². The van der Waals surface area contributed by atoms with Gasteiger partial charge in [0.25, 0.3) is 0 Å². The zero-order chi connectivity index (χ0) is 12.2. The number of aromatic nitrogens is 1. The average molecular weight is 250 g/mol. The molecule has 16 heavy (non-hydrogen) atoms. The molecule has 1 rings (SSSR count). The van der Waals surface area contributed by atoms with Gasteiger partial charge in [-0.2, -0.15) is 13.2 Å². The van der Waals surface area contributed by atoms with E-state index in [-0.39, 0.29) is 5.69 Å². The fourth-order valence-electron chi connectivity index (χ4n) is 0.889. The van der Waals surface area contributed by atoms with Crippen LogP contribution < -0.4 is 5.32 Å². The second kappa shape index (κ2) is 5.20. The Labute approximate surface area is 94.4 Å². The van der Waals surface area contributed by atoms with E-state index in [1.807, 2.05) is 6.92 Å². The van der Waals surface area contributed by atoms with Crippen LogP contribution in [-0.4, -0.2) is 22.8 Å². The number of pyridine rings is 1. The molecular formula is C9H9F3N2OS. The second-order valence-electron chi connectivity index (χ2n) is 2.77. The van der Waals surface area contributed by atoms with Crippen molar-refractivity contribution in [3.63, 3.8) is 0 Å². The second-order valence-corrected chi connectivity index (χ2v) is 4.05. The van der Waals surface area contributed by atoms with E-state index in [0.717, 1.165) is 5.75 Å². The van der Waals surface area contributed by atoms with Gasteiger partial charge in [-0.1, -0.05) is 6.92 Å². The molecule has 0 atom stereocenters. The fourth-order valence-corrected chi connectivity index (χ4v) is 1.48. The Morgan fingerprint density at radius 2 is 2.19 bits per heavy atom. The number of nitrogens with zero attached hydrogens (tertiary/aromatic N) is 1. The lowest BCUT2D eigenvalue weighted by molar-refractivity contribution is -0.167. The summed E-state index contributed by atoms with van der Waals surface area (Å²) in [6.45, 7) is 1.94. The van der Waals surface area contributed by atoms with E-state index in [4.69, 9.17) is 0 Å². The van der Waals surface area contributed by atoms with Crippen molar-refractivity contribution >= 4 is 23.4 Å². The third-order valence-electron chi connectivity index (χ3n) is 1.54. The monoisotopic (exact) mass is 250 g/mol. The van der Waals surface area contributed by atoms with Gasteiger partial charge in [0.2, 0.25) is 0 Å². The molecule has 0 fully saturated rings. The first kappa shape index (κ1) is 12.8. The Morgan fingerprint density at radius 3 is 2.62 bits per heavy atom. The summed E-state index contributed by atoms with van der Waals surface area (Å²) in [5.74, 6) is -1.17. The van der Waals surface area contributed by atoms with Crippen LogP contribution in [0, 0.1) is 0 Å². The van der Waals surface area contributed by atoms with Crippen LogP contribution in [0.4, 0.5) is 18.9 Å². The number of carbonyl (C=O) groups is 1. The molecular weight excluding hydrogens is 241 g/mol. The highest BCUT2D eigenvalue weighted by molar-refractivity contribution is 7.99. The predicted molar refractivity (Wildman–Crippen MR) is 55.3 cm³/mol. The van der Waals surface area contributed by atoms with Crippen LogP contribution in [0.1, 0.15) is 6.92 Å². The summed E-state index contributed by atoms with van der Waals surface area (Å²) in [4.78, 5) is 14.5. The van der Waals surface area contributed by atoms with Crippen molar-refractivity contribution in [1.82, 2.24) is 4.98 Å². The molecule has 0 aromatic carbocycles. The molecule has 0 radical (unpaired) electrons. The van der Waals surface area contributed by atoms with Crippen molar-refractivity contribution in [1.29, 1.82) is 0 Å². The lowest BCUT2D eigenvalue weighted by Gasteiger charge is -2.07. The molecule has 1 amide bonds. The highest BCUT2D eigenvalue weighted by atomic mass is 32.2. The minimum Gasteiger partial charge on any atom is -0.317 e. The summed E-state index contributed by atoms with van der Waals surface area (Å²) in [6.07, 6.45) is -3.68. The minimum absolute atomic E-state index is 0.0304. The van der Waals surface area contributed by atoms with Crippen molar-refractivity contribution in [3.05, 3.63) is 18.3 Å². The first-order chi connectivity index (χ1) is 7.43. The number of rotatable bonds is 3. The van der Waals surface area contributed by atoms with Crippen LogP contribution in [0.5, 0.6) is 0 Å². The lowest BCUT2D eigenvalue weighted by Crippen LogP contribution is -2.29. The summed E-state index contributed by atoms with van der Waals surface area (Å²) >= 11 is 1.46. The van der Waals surface area contributed by atoms with Gasteiger partial charge in [-0.3, -0.25) is 4.79 Å². The number of anilines is 1. The van der Waals surface area contributed by atoms with Gasteiger partial charge in [-0.25, -0.2) is 4.98 Å². The minimum atomic E-state index is -4.88. The van der Waals surface area contributed by atoms with Crippen molar-refractivity contribution in [2.75, 3.05) is 11.1 Å². The van der Waals surface area contributed by atoms with Crippen LogP contribution in [0.3, 0.4) is 0 Å². The highest BCUT2D eigenvalue weighted by Crippen LogP contribution is 2.20. The molecule has 0 aliphatic carbocycles. The van der Waals surface area contributed by atoms with E-state index in [2.05, 4.69) is 4.98 Å². The summed E-state index contributed by atoms with van der Waals surface area (Å²) in [6, 6.07) is 2.94. The first-order valence-corrected chi connectivity index (χ1v) is 5.39. The summed E-state index contributed by atoms with van der Waals surface area (Å²) in [7, 11) is 0. The molecule has 0 saturated carbocycles. The summed E-state index contributed by atoms with van der Waals surface area (Å²) in [5.41, 5.74) is 0.0304. The van der Waals surface area contributed by atoms with E-state index >= 15 is 0 Å². The molecule has 1 aromatic rings. The number of nitrogens with one attached hydrogen (secondary N) is 1. The molecule has 0 aliphatic heterocycles. The maximum atomic E-state index is 11.9. The molecule has 0 bridgehead atoms. The van der Waals surface area contributed by atoms with Crippen molar-refractivity contribution in [3.8, 4) is 0 Å². The zero-order valence-electron chi connectivity index (χ0n) is 8.34. The van der Waals surface area contributed by atoms with Gasteiger partial charge in [0.05, 0.1) is 16.9 Å². The Balaban J connectivity index is 2.65. The highest BCUT2D eigenvalue weighted by Gasteiger charge is 2.38. The smallest absolute Gasteiger partial charge is 0.317 e. The molecule has 1 aromatic heterocycles. The number of carbonyl (C=O) groups excluding carboxylic acids is 1. The van der Waals surface area contributed by atoms with E-state index in [1.165, 1.54) is 24.0 Å². The Kier molecular flexibility index (Phi) is 4.17. The molecule has 1 N–H and O–H groups in total. The van der Waals surface area contributed by atoms with Crippen LogP contribution >= 0.6 is 11.8 Å².